The first-order chi connectivity index (χ1) is 21.8. The van der Waals surface area contributed by atoms with Crippen molar-refractivity contribution in [2.45, 2.75) is 55.6 Å². The molecule has 2 aromatic heterocycles. The van der Waals surface area contributed by atoms with Crippen molar-refractivity contribution in [3.8, 4) is 28.6 Å². The van der Waals surface area contributed by atoms with Crippen molar-refractivity contribution in [1.82, 2.24) is 15.0 Å². The Balaban J connectivity index is 1.39. The number of fused-ring (bicyclic) bond motifs is 2. The summed E-state index contributed by atoms with van der Waals surface area (Å²) in [6.07, 6.45) is 3.67. The number of imidazole rings is 1. The molecule has 13 heteroatoms. The van der Waals surface area contributed by atoms with E-state index in [1.54, 1.807) is 6.20 Å². The number of carboxylic acids is 1. The van der Waals surface area contributed by atoms with E-state index >= 15 is 13.2 Å². The number of aromatic amines is 2. The number of aliphatic carboxylic acids is 1. The Morgan fingerprint density at radius 1 is 1.15 bits per heavy atom. The maximum Gasteiger partial charge on any atom is 0.303 e. The van der Waals surface area contributed by atoms with Crippen molar-refractivity contribution in [2.75, 3.05) is 6.61 Å². The molecule has 0 saturated heterocycles. The van der Waals surface area contributed by atoms with Gasteiger partial charge in [-0.25, -0.2) is 22.2 Å². The third kappa shape index (κ3) is 5.17. The first kappa shape index (κ1) is 31.2. The molecule has 1 atom stereocenters. The van der Waals surface area contributed by atoms with Gasteiger partial charge in [0, 0.05) is 40.9 Å². The van der Waals surface area contributed by atoms with Gasteiger partial charge in [0.25, 0.3) is 0 Å². The summed E-state index contributed by atoms with van der Waals surface area (Å²) in [7, 11) is -4.17. The van der Waals surface area contributed by atoms with Gasteiger partial charge in [0.2, 0.25) is 5.82 Å². The van der Waals surface area contributed by atoms with Crippen LogP contribution in [-0.2, 0) is 26.5 Å². The van der Waals surface area contributed by atoms with Gasteiger partial charge in [-0.1, -0.05) is 18.2 Å². The molecule has 0 amide bonds. The van der Waals surface area contributed by atoms with Crippen LogP contribution in [0.4, 0.5) is 13.2 Å². The Morgan fingerprint density at radius 3 is 2.67 bits per heavy atom. The first-order valence-corrected chi connectivity index (χ1v) is 16.1. The summed E-state index contributed by atoms with van der Waals surface area (Å²) in [4.78, 5) is 20.8. The normalized spacial score (nSPS) is 16.4. The highest BCUT2D eigenvalue weighted by molar-refractivity contribution is 7.92. The molecule has 0 radical (unpaired) electrons. The summed E-state index contributed by atoms with van der Waals surface area (Å²) in [5.41, 5.74) is 1.23. The number of carbonyl (C=O) groups is 1. The van der Waals surface area contributed by atoms with Gasteiger partial charge in [-0.05, 0) is 63.4 Å². The Hall–Kier alpha value is -4.78. The van der Waals surface area contributed by atoms with Crippen LogP contribution in [0, 0.1) is 17.5 Å². The van der Waals surface area contributed by atoms with Crippen LogP contribution in [0.25, 0.3) is 22.3 Å². The molecule has 1 aliphatic heterocycles. The van der Waals surface area contributed by atoms with Gasteiger partial charge in [-0.15, -0.1) is 0 Å². The molecule has 6 rings (SSSR count). The minimum absolute atomic E-state index is 0.0493. The van der Waals surface area contributed by atoms with Gasteiger partial charge >= 0.3 is 5.97 Å². The maximum atomic E-state index is 15.4. The second-order valence-electron chi connectivity index (χ2n) is 11.7. The number of hydrogen-bond donors (Lipinski definition) is 3. The molecule has 0 fully saturated rings. The Bertz CT molecular complexity index is 2110. The predicted octanol–water partition coefficient (Wildman–Crippen LogP) is 7.06. The van der Waals surface area contributed by atoms with E-state index in [0.717, 1.165) is 17.2 Å². The molecule has 9 nitrogen and oxygen atoms in total. The number of nitrogens with zero attached hydrogens (tertiary/aromatic N) is 1. The molecule has 1 aliphatic rings. The molecule has 0 spiro atoms. The number of carboxylic acid groups (broad SMARTS) is 1. The van der Waals surface area contributed by atoms with Gasteiger partial charge in [0.05, 0.1) is 22.9 Å². The standard InChI is InChI=1S/C33H30F3N3O6S/c1-17(2)46(42,43)31-20-11-13-37-28(20)26(35)27(36)30(31)45-19-8-9-23(34)21(15-19)32-38-16-24(39-32)33(3)12-14-44-29-18(7-10-25(40)41)5-4-6-22(29)33/h4-6,8-9,11,13,15-17,37H,7,10,12,14H2,1-3H3,(H,38,39)(H,40,41)/t33-/m0/s1. The molecule has 0 saturated carbocycles. The lowest BCUT2D eigenvalue weighted by atomic mass is 9.74. The lowest BCUT2D eigenvalue weighted by Gasteiger charge is -2.36. The van der Waals surface area contributed by atoms with Crippen molar-refractivity contribution in [3.63, 3.8) is 0 Å². The van der Waals surface area contributed by atoms with Crippen LogP contribution in [0.1, 0.15) is 50.4 Å². The second kappa shape index (κ2) is 11.5. The fraction of sp³-hybridized carbons (Fsp3) is 0.273. The van der Waals surface area contributed by atoms with E-state index in [0.29, 0.717) is 30.9 Å². The zero-order valence-corrected chi connectivity index (χ0v) is 25.9. The van der Waals surface area contributed by atoms with Gasteiger partial charge in [-0.2, -0.15) is 4.39 Å². The van der Waals surface area contributed by atoms with Crippen LogP contribution in [0.3, 0.4) is 0 Å². The number of H-pyrrole nitrogens is 2. The summed E-state index contributed by atoms with van der Waals surface area (Å²) >= 11 is 0. The van der Waals surface area contributed by atoms with Crippen LogP contribution in [0.2, 0.25) is 0 Å². The van der Waals surface area contributed by atoms with E-state index in [9.17, 15) is 13.2 Å². The summed E-state index contributed by atoms with van der Waals surface area (Å²) in [6, 6.07) is 10.4. The average Bonchev–Trinajstić information content (AvgIpc) is 3.71. The van der Waals surface area contributed by atoms with Crippen molar-refractivity contribution >= 4 is 26.7 Å². The highest BCUT2D eigenvalue weighted by atomic mass is 32.2. The van der Waals surface area contributed by atoms with Crippen LogP contribution in [-0.4, -0.2) is 46.3 Å². The lowest BCUT2D eigenvalue weighted by molar-refractivity contribution is -0.136. The number of rotatable bonds is 9. The lowest BCUT2D eigenvalue weighted by Crippen LogP contribution is -2.32. The number of hydrogen-bond acceptors (Lipinski definition) is 6. The van der Waals surface area contributed by atoms with E-state index in [1.165, 1.54) is 38.2 Å². The molecule has 0 aliphatic carbocycles. The van der Waals surface area contributed by atoms with E-state index in [-0.39, 0.29) is 34.5 Å². The molecule has 3 aromatic carbocycles. The largest absolute Gasteiger partial charge is 0.493 e. The SMILES string of the molecule is CC(C)S(=O)(=O)c1c(Oc2ccc(F)c(-c3ncc([C@@]4(C)CCOc5c(CCC(=O)O)cccc54)[nH]3)c2)c(F)c(F)c2[nH]ccc12. The van der Waals surface area contributed by atoms with Crippen molar-refractivity contribution < 1.29 is 41.0 Å². The van der Waals surface area contributed by atoms with E-state index in [2.05, 4.69) is 15.0 Å². The third-order valence-electron chi connectivity index (χ3n) is 8.45. The highest BCUT2D eigenvalue weighted by Crippen LogP contribution is 2.46. The number of sulfone groups is 1. The summed E-state index contributed by atoms with van der Waals surface area (Å²) in [5.74, 6) is -4.67. The Labute approximate surface area is 262 Å². The summed E-state index contributed by atoms with van der Waals surface area (Å²) in [6.45, 7) is 5.16. The Morgan fingerprint density at radius 2 is 1.93 bits per heavy atom. The summed E-state index contributed by atoms with van der Waals surface area (Å²) < 4.78 is 84.0. The predicted molar refractivity (Wildman–Crippen MR) is 164 cm³/mol. The van der Waals surface area contributed by atoms with Crippen molar-refractivity contribution in [3.05, 3.63) is 89.1 Å². The molecule has 3 heterocycles. The molecule has 240 valence electrons. The van der Waals surface area contributed by atoms with Gasteiger partial charge in [0.15, 0.2) is 21.4 Å². The molecule has 0 unspecified atom stereocenters. The third-order valence-corrected chi connectivity index (χ3v) is 10.7. The number of aryl methyl sites for hydroxylation is 1. The molecular weight excluding hydrogens is 623 g/mol. The van der Waals surface area contributed by atoms with Gasteiger partial charge in [0.1, 0.15) is 28.0 Å². The molecule has 0 bridgehead atoms. The van der Waals surface area contributed by atoms with Gasteiger partial charge < -0.3 is 24.5 Å². The Kier molecular flexibility index (Phi) is 7.83. The van der Waals surface area contributed by atoms with Crippen LogP contribution >= 0.6 is 0 Å². The monoisotopic (exact) mass is 653 g/mol. The number of aromatic nitrogens is 3. The number of halogens is 3. The number of benzene rings is 3. The molecule has 5 aromatic rings. The molecular formula is C33H30F3N3O6S. The van der Waals surface area contributed by atoms with Crippen molar-refractivity contribution in [2.24, 2.45) is 0 Å². The molecule has 3 N–H and O–H groups in total. The minimum atomic E-state index is -4.17. The van der Waals surface area contributed by atoms with Crippen LogP contribution in [0.5, 0.6) is 17.2 Å². The first-order valence-electron chi connectivity index (χ1n) is 14.5. The smallest absolute Gasteiger partial charge is 0.303 e. The number of ether oxygens (including phenoxy) is 2. The van der Waals surface area contributed by atoms with E-state index in [4.69, 9.17) is 14.6 Å². The van der Waals surface area contributed by atoms with E-state index < -0.39 is 54.6 Å². The quantitative estimate of drug-likeness (QED) is 0.145. The maximum absolute atomic E-state index is 15.4. The molecule has 46 heavy (non-hydrogen) atoms. The van der Waals surface area contributed by atoms with Crippen LogP contribution < -0.4 is 9.47 Å². The summed E-state index contributed by atoms with van der Waals surface area (Å²) in [5, 5.41) is 8.12. The fourth-order valence-corrected chi connectivity index (χ4v) is 7.12. The van der Waals surface area contributed by atoms with Crippen LogP contribution in [0.15, 0.2) is 59.8 Å². The minimum Gasteiger partial charge on any atom is -0.493 e. The number of para-hydroxylation sites is 1. The zero-order valence-electron chi connectivity index (χ0n) is 25.1. The van der Waals surface area contributed by atoms with Gasteiger partial charge in [-0.3, -0.25) is 4.79 Å². The van der Waals surface area contributed by atoms with Crippen molar-refractivity contribution in [1.29, 1.82) is 0 Å². The fourth-order valence-electron chi connectivity index (χ4n) is 5.79. The van der Waals surface area contributed by atoms with E-state index in [1.807, 2.05) is 25.1 Å². The highest BCUT2D eigenvalue weighted by Gasteiger charge is 2.38. The number of nitrogens with one attached hydrogen (secondary N) is 2. The topological polar surface area (TPSA) is 134 Å². The zero-order chi connectivity index (χ0) is 33.0. The second-order valence-corrected chi connectivity index (χ2v) is 14.1. The average molecular weight is 654 g/mol.